The van der Waals surface area contributed by atoms with Crippen LogP contribution in [0.3, 0.4) is 0 Å². The molecule has 0 atom stereocenters. The number of hydrogen-bond acceptors (Lipinski definition) is 3. The number of hydrogen-bond donors (Lipinski definition) is 2. The fraction of sp³-hybridized carbons (Fsp3) is 0.429. The Morgan fingerprint density at radius 3 is 2.53 bits per heavy atom. The molecule has 1 aromatic rings. The van der Waals surface area contributed by atoms with Crippen LogP contribution in [0.1, 0.15) is 19.8 Å². The van der Waals surface area contributed by atoms with Crippen molar-refractivity contribution in [1.29, 1.82) is 0 Å². The largest absolute Gasteiger partial charge is 0.484 e. The summed E-state index contributed by atoms with van der Waals surface area (Å²) in [4.78, 5) is 22.8. The van der Waals surface area contributed by atoms with Crippen LogP contribution in [0, 0.1) is 5.92 Å². The van der Waals surface area contributed by atoms with Gasteiger partial charge in [-0.1, -0.05) is 0 Å². The van der Waals surface area contributed by atoms with Crippen LogP contribution in [0.2, 0.25) is 0 Å². The predicted octanol–water partition coefficient (Wildman–Crippen LogP) is 1.55. The van der Waals surface area contributed by atoms with E-state index in [4.69, 9.17) is 4.74 Å². The van der Waals surface area contributed by atoms with Crippen LogP contribution in [0.4, 0.5) is 5.69 Å². The maximum atomic E-state index is 11.6. The third kappa shape index (κ3) is 4.28. The van der Waals surface area contributed by atoms with Crippen molar-refractivity contribution in [3.05, 3.63) is 24.3 Å². The van der Waals surface area contributed by atoms with Gasteiger partial charge in [-0.15, -0.1) is 0 Å². The first-order valence-corrected chi connectivity index (χ1v) is 6.49. The number of benzene rings is 1. The van der Waals surface area contributed by atoms with Crippen LogP contribution in [0.25, 0.3) is 0 Å². The number of ether oxygens (including phenoxy) is 1. The van der Waals surface area contributed by atoms with Gasteiger partial charge in [0.1, 0.15) is 5.75 Å². The van der Waals surface area contributed by atoms with Gasteiger partial charge in [-0.3, -0.25) is 9.59 Å². The number of nitrogens with one attached hydrogen (secondary N) is 2. The van der Waals surface area contributed by atoms with Crippen molar-refractivity contribution in [3.63, 3.8) is 0 Å². The molecule has 2 amide bonds. The van der Waals surface area contributed by atoms with Crippen LogP contribution in [0.15, 0.2) is 24.3 Å². The lowest BCUT2D eigenvalue weighted by molar-refractivity contribution is -0.123. The van der Waals surface area contributed by atoms with E-state index >= 15 is 0 Å². The van der Waals surface area contributed by atoms with Gasteiger partial charge in [0.25, 0.3) is 5.91 Å². The van der Waals surface area contributed by atoms with Gasteiger partial charge in [0.2, 0.25) is 5.91 Å². The summed E-state index contributed by atoms with van der Waals surface area (Å²) >= 11 is 0. The summed E-state index contributed by atoms with van der Waals surface area (Å²) in [5.41, 5.74) is 0.752. The maximum Gasteiger partial charge on any atom is 0.257 e. The molecule has 1 aromatic carbocycles. The minimum absolute atomic E-state index is 0.00161. The molecule has 1 fully saturated rings. The fourth-order valence-electron chi connectivity index (χ4n) is 1.62. The number of rotatable bonds is 6. The van der Waals surface area contributed by atoms with Gasteiger partial charge in [0, 0.05) is 18.2 Å². The first-order valence-electron chi connectivity index (χ1n) is 6.49. The molecule has 102 valence electrons. The van der Waals surface area contributed by atoms with Crippen molar-refractivity contribution in [2.24, 2.45) is 5.92 Å². The van der Waals surface area contributed by atoms with Gasteiger partial charge in [-0.2, -0.15) is 0 Å². The summed E-state index contributed by atoms with van der Waals surface area (Å²) < 4.78 is 5.32. The van der Waals surface area contributed by atoms with E-state index in [1.807, 2.05) is 6.92 Å². The summed E-state index contributed by atoms with van der Waals surface area (Å²) in [7, 11) is 0. The minimum Gasteiger partial charge on any atom is -0.484 e. The Bertz CT molecular complexity index is 452. The van der Waals surface area contributed by atoms with Crippen LogP contribution < -0.4 is 15.4 Å². The molecule has 0 unspecified atom stereocenters. The smallest absolute Gasteiger partial charge is 0.257 e. The molecular weight excluding hydrogens is 244 g/mol. The monoisotopic (exact) mass is 262 g/mol. The zero-order chi connectivity index (χ0) is 13.7. The molecule has 5 heteroatoms. The van der Waals surface area contributed by atoms with Crippen molar-refractivity contribution in [1.82, 2.24) is 5.32 Å². The van der Waals surface area contributed by atoms with E-state index in [1.165, 1.54) is 0 Å². The van der Waals surface area contributed by atoms with Crippen LogP contribution >= 0.6 is 0 Å². The third-order valence-corrected chi connectivity index (χ3v) is 2.81. The highest BCUT2D eigenvalue weighted by molar-refractivity contribution is 5.94. The van der Waals surface area contributed by atoms with Gasteiger partial charge >= 0.3 is 0 Å². The van der Waals surface area contributed by atoms with Gasteiger partial charge in [-0.25, -0.2) is 0 Å². The molecule has 5 nitrogen and oxygen atoms in total. The topological polar surface area (TPSA) is 67.4 Å². The van der Waals surface area contributed by atoms with Crippen LogP contribution in [-0.2, 0) is 9.59 Å². The lowest BCUT2D eigenvalue weighted by Gasteiger charge is -2.08. The molecule has 1 saturated carbocycles. The Hall–Kier alpha value is -2.04. The minimum atomic E-state index is -0.145. The number of amides is 2. The molecule has 1 aliphatic rings. The second kappa shape index (κ2) is 6.22. The first kappa shape index (κ1) is 13.4. The number of carbonyl (C=O) groups is 2. The predicted molar refractivity (Wildman–Crippen MR) is 72.0 cm³/mol. The molecule has 19 heavy (non-hydrogen) atoms. The molecule has 2 N–H and O–H groups in total. The van der Waals surface area contributed by atoms with Crippen LogP contribution in [0.5, 0.6) is 5.75 Å². The average molecular weight is 262 g/mol. The molecule has 0 saturated heterocycles. The molecular formula is C14H18N2O3. The van der Waals surface area contributed by atoms with Crippen molar-refractivity contribution < 1.29 is 14.3 Å². The molecule has 0 heterocycles. The quantitative estimate of drug-likeness (QED) is 0.817. The van der Waals surface area contributed by atoms with Crippen molar-refractivity contribution in [3.8, 4) is 5.75 Å². The van der Waals surface area contributed by atoms with E-state index < -0.39 is 0 Å². The number of likely N-dealkylation sites (N-methyl/N-ethyl adjacent to an activating group) is 1. The number of carbonyl (C=O) groups excluding carboxylic acids is 2. The number of anilines is 1. The normalized spacial score (nSPS) is 13.7. The van der Waals surface area contributed by atoms with Crippen molar-refractivity contribution >= 4 is 17.5 Å². The van der Waals surface area contributed by atoms with E-state index in [0.717, 1.165) is 18.5 Å². The summed E-state index contributed by atoms with van der Waals surface area (Å²) in [6.07, 6.45) is 1.97. The Morgan fingerprint density at radius 2 is 1.95 bits per heavy atom. The molecule has 0 aliphatic heterocycles. The Balaban J connectivity index is 1.80. The fourth-order valence-corrected chi connectivity index (χ4v) is 1.62. The Labute approximate surface area is 112 Å². The van der Waals surface area contributed by atoms with Crippen LogP contribution in [-0.4, -0.2) is 25.0 Å². The Morgan fingerprint density at radius 1 is 1.26 bits per heavy atom. The summed E-state index contributed by atoms with van der Waals surface area (Å²) in [6.45, 7) is 2.45. The third-order valence-electron chi connectivity index (χ3n) is 2.81. The summed E-state index contributed by atoms with van der Waals surface area (Å²) in [5.74, 6) is 0.731. The lowest BCUT2D eigenvalue weighted by Crippen LogP contribution is -2.28. The maximum absolute atomic E-state index is 11.6. The summed E-state index contributed by atoms with van der Waals surface area (Å²) in [5, 5.41) is 5.49. The highest BCUT2D eigenvalue weighted by atomic mass is 16.5. The molecule has 0 aromatic heterocycles. The molecule has 0 radical (unpaired) electrons. The molecule has 1 aliphatic carbocycles. The zero-order valence-corrected chi connectivity index (χ0v) is 10.9. The van der Waals surface area contributed by atoms with E-state index in [1.54, 1.807) is 24.3 Å². The second-order valence-electron chi connectivity index (χ2n) is 4.53. The van der Waals surface area contributed by atoms with Crippen molar-refractivity contribution in [2.75, 3.05) is 18.5 Å². The highest BCUT2D eigenvalue weighted by Gasteiger charge is 2.29. The highest BCUT2D eigenvalue weighted by Crippen LogP contribution is 2.30. The van der Waals surface area contributed by atoms with E-state index in [0.29, 0.717) is 12.3 Å². The van der Waals surface area contributed by atoms with Gasteiger partial charge < -0.3 is 15.4 Å². The standard InChI is InChI=1S/C14H18N2O3/c1-2-15-13(17)9-19-12-7-5-11(6-8-12)16-14(18)10-3-4-10/h5-8,10H,2-4,9H2,1H3,(H,15,17)(H,16,18). The lowest BCUT2D eigenvalue weighted by atomic mass is 10.3. The van der Waals surface area contributed by atoms with E-state index in [2.05, 4.69) is 10.6 Å². The van der Waals surface area contributed by atoms with E-state index in [9.17, 15) is 9.59 Å². The summed E-state index contributed by atoms with van der Waals surface area (Å²) in [6, 6.07) is 7.02. The van der Waals surface area contributed by atoms with Gasteiger partial charge in [0.15, 0.2) is 6.61 Å². The van der Waals surface area contributed by atoms with Gasteiger partial charge in [0.05, 0.1) is 0 Å². The van der Waals surface area contributed by atoms with Crippen molar-refractivity contribution in [2.45, 2.75) is 19.8 Å². The van der Waals surface area contributed by atoms with E-state index in [-0.39, 0.29) is 24.3 Å². The molecule has 0 spiro atoms. The Kier molecular flexibility index (Phi) is 4.39. The molecule has 0 bridgehead atoms. The average Bonchev–Trinajstić information content (AvgIpc) is 3.22. The first-order chi connectivity index (χ1) is 9.19. The zero-order valence-electron chi connectivity index (χ0n) is 10.9. The second-order valence-corrected chi connectivity index (χ2v) is 4.53. The molecule has 2 rings (SSSR count). The SMILES string of the molecule is CCNC(=O)COc1ccc(NC(=O)C2CC2)cc1. The van der Waals surface area contributed by atoms with Gasteiger partial charge in [-0.05, 0) is 44.0 Å².